The minimum Gasteiger partial charge on any atom is -0.493 e. The maximum Gasteiger partial charge on any atom is 0.161 e. The maximum atomic E-state index is 5.36. The van der Waals surface area contributed by atoms with E-state index in [1.807, 2.05) is 12.1 Å². The zero-order valence-electron chi connectivity index (χ0n) is 11.3. The minimum atomic E-state index is 0.197. The largest absolute Gasteiger partial charge is 0.493 e. The lowest BCUT2D eigenvalue weighted by Crippen LogP contribution is -1.96. The Hall–Kier alpha value is -1.00. The molecule has 2 rings (SSSR count). The third-order valence-electron chi connectivity index (χ3n) is 3.09. The van der Waals surface area contributed by atoms with Crippen molar-refractivity contribution in [1.29, 1.82) is 0 Å². The average Bonchev–Trinajstić information content (AvgIpc) is 2.94. The fourth-order valence-corrected chi connectivity index (χ4v) is 3.92. The van der Waals surface area contributed by atoms with Gasteiger partial charge in [-0.2, -0.15) is 0 Å². The molecule has 2 aromatic rings. The fourth-order valence-electron chi connectivity index (χ4n) is 2.02. The Bertz CT molecular complexity index is 551. The number of rotatable bonds is 5. The highest BCUT2D eigenvalue weighted by atomic mass is 79.9. The third-order valence-corrected chi connectivity index (χ3v) is 5.41. The molecule has 1 heterocycles. The van der Waals surface area contributed by atoms with Gasteiger partial charge in [-0.3, -0.25) is 0 Å². The smallest absolute Gasteiger partial charge is 0.161 e. The van der Waals surface area contributed by atoms with Gasteiger partial charge in [0.25, 0.3) is 0 Å². The van der Waals surface area contributed by atoms with E-state index in [0.717, 1.165) is 17.9 Å². The Morgan fingerprint density at radius 1 is 1.16 bits per heavy atom. The zero-order chi connectivity index (χ0) is 13.8. The summed E-state index contributed by atoms with van der Waals surface area (Å²) in [5.74, 6) is 1.52. The molecule has 0 aliphatic rings. The van der Waals surface area contributed by atoms with Gasteiger partial charge in [0.1, 0.15) is 0 Å². The summed E-state index contributed by atoms with van der Waals surface area (Å²) in [6.45, 7) is 2.18. The number of thiophene rings is 1. The molecule has 0 amide bonds. The fraction of sp³-hybridized carbons (Fsp3) is 0.333. The van der Waals surface area contributed by atoms with E-state index in [1.54, 1.807) is 25.6 Å². The van der Waals surface area contributed by atoms with Gasteiger partial charge in [0.2, 0.25) is 0 Å². The third kappa shape index (κ3) is 2.95. The van der Waals surface area contributed by atoms with Gasteiger partial charge < -0.3 is 9.47 Å². The highest BCUT2D eigenvalue weighted by Gasteiger charge is 2.17. The van der Waals surface area contributed by atoms with Crippen LogP contribution in [0.15, 0.2) is 29.6 Å². The van der Waals surface area contributed by atoms with Gasteiger partial charge in [-0.1, -0.05) is 28.9 Å². The van der Waals surface area contributed by atoms with Crippen molar-refractivity contribution in [3.8, 4) is 11.5 Å². The molecule has 0 fully saturated rings. The molecule has 0 spiro atoms. The first-order valence-electron chi connectivity index (χ1n) is 6.13. The Morgan fingerprint density at radius 3 is 2.53 bits per heavy atom. The molecule has 0 saturated carbocycles. The molecule has 0 saturated heterocycles. The molecule has 4 heteroatoms. The van der Waals surface area contributed by atoms with Crippen LogP contribution in [0.5, 0.6) is 11.5 Å². The topological polar surface area (TPSA) is 18.5 Å². The van der Waals surface area contributed by atoms with Crippen molar-refractivity contribution in [2.45, 2.75) is 18.2 Å². The van der Waals surface area contributed by atoms with E-state index in [4.69, 9.17) is 9.47 Å². The summed E-state index contributed by atoms with van der Waals surface area (Å²) in [4.78, 5) is 1.55. The van der Waals surface area contributed by atoms with Crippen LogP contribution >= 0.6 is 27.3 Å². The van der Waals surface area contributed by atoms with Crippen molar-refractivity contribution < 1.29 is 9.47 Å². The monoisotopic (exact) mass is 340 g/mol. The molecule has 0 aliphatic carbocycles. The molecule has 0 bridgehead atoms. The van der Waals surface area contributed by atoms with Gasteiger partial charge in [-0.15, -0.1) is 11.3 Å². The number of halogens is 1. The van der Waals surface area contributed by atoms with E-state index in [-0.39, 0.29) is 4.83 Å². The summed E-state index contributed by atoms with van der Waals surface area (Å²) in [5.41, 5.74) is 2.57. The summed E-state index contributed by atoms with van der Waals surface area (Å²) in [7, 11) is 3.31. The number of benzene rings is 1. The van der Waals surface area contributed by atoms with Crippen LogP contribution in [0.4, 0.5) is 0 Å². The predicted octanol–water partition coefficient (Wildman–Crippen LogP) is 4.81. The number of alkyl halides is 1. The van der Waals surface area contributed by atoms with Crippen LogP contribution in [0.25, 0.3) is 0 Å². The van der Waals surface area contributed by atoms with E-state index in [2.05, 4.69) is 40.4 Å². The molecule has 19 heavy (non-hydrogen) atoms. The molecule has 0 radical (unpaired) electrons. The summed E-state index contributed by atoms with van der Waals surface area (Å²) >= 11 is 5.57. The van der Waals surface area contributed by atoms with Crippen LogP contribution in [-0.2, 0) is 6.42 Å². The molecule has 1 unspecified atom stereocenters. The Balaban J connectivity index is 2.36. The summed E-state index contributed by atoms with van der Waals surface area (Å²) in [6, 6.07) is 8.23. The molecular formula is C15H17BrO2S. The van der Waals surface area contributed by atoms with E-state index < -0.39 is 0 Å². The molecule has 2 nitrogen and oxygen atoms in total. The average molecular weight is 341 g/mol. The van der Waals surface area contributed by atoms with Gasteiger partial charge >= 0.3 is 0 Å². The van der Waals surface area contributed by atoms with Gasteiger partial charge in [-0.05, 0) is 41.1 Å². The SMILES string of the molecule is CCc1ccsc1C(Br)c1ccc(OC)c(OC)c1. The van der Waals surface area contributed by atoms with Crippen LogP contribution < -0.4 is 9.47 Å². The first kappa shape index (κ1) is 14.4. The number of ether oxygens (including phenoxy) is 2. The molecular weight excluding hydrogens is 324 g/mol. The van der Waals surface area contributed by atoms with Gasteiger partial charge in [0.15, 0.2) is 11.5 Å². The molecule has 1 atom stereocenters. The lowest BCUT2D eigenvalue weighted by Gasteiger charge is -2.14. The Kier molecular flexibility index (Phi) is 4.88. The zero-order valence-corrected chi connectivity index (χ0v) is 13.7. The van der Waals surface area contributed by atoms with Crippen LogP contribution in [0, 0.1) is 0 Å². The number of hydrogen-bond donors (Lipinski definition) is 0. The van der Waals surface area contributed by atoms with Gasteiger partial charge in [-0.25, -0.2) is 0 Å². The quantitative estimate of drug-likeness (QED) is 0.727. The molecule has 1 aromatic heterocycles. The first-order valence-corrected chi connectivity index (χ1v) is 7.93. The van der Waals surface area contributed by atoms with Crippen molar-refractivity contribution in [2.24, 2.45) is 0 Å². The lowest BCUT2D eigenvalue weighted by molar-refractivity contribution is 0.354. The standard InChI is InChI=1S/C15H17BrO2S/c1-4-10-7-8-19-15(10)14(16)11-5-6-12(17-2)13(9-11)18-3/h5-9,14H,4H2,1-3H3. The number of methoxy groups -OCH3 is 2. The van der Waals surface area contributed by atoms with Crippen molar-refractivity contribution in [2.75, 3.05) is 14.2 Å². The van der Waals surface area contributed by atoms with E-state index in [0.29, 0.717) is 0 Å². The normalized spacial score (nSPS) is 12.2. The highest BCUT2D eigenvalue weighted by Crippen LogP contribution is 2.39. The second-order valence-electron chi connectivity index (χ2n) is 4.14. The van der Waals surface area contributed by atoms with Crippen LogP contribution in [-0.4, -0.2) is 14.2 Å². The van der Waals surface area contributed by atoms with Gasteiger partial charge in [0.05, 0.1) is 19.0 Å². The Morgan fingerprint density at radius 2 is 1.89 bits per heavy atom. The van der Waals surface area contributed by atoms with Crippen molar-refractivity contribution in [3.05, 3.63) is 45.6 Å². The lowest BCUT2D eigenvalue weighted by atomic mass is 10.1. The summed E-state index contributed by atoms with van der Waals surface area (Å²) < 4.78 is 10.6. The summed E-state index contributed by atoms with van der Waals surface area (Å²) in [5, 5.41) is 2.14. The molecule has 1 aromatic carbocycles. The van der Waals surface area contributed by atoms with Crippen molar-refractivity contribution in [1.82, 2.24) is 0 Å². The first-order chi connectivity index (χ1) is 9.21. The van der Waals surface area contributed by atoms with Crippen molar-refractivity contribution in [3.63, 3.8) is 0 Å². The van der Waals surface area contributed by atoms with E-state index in [9.17, 15) is 0 Å². The van der Waals surface area contributed by atoms with E-state index in [1.165, 1.54) is 16.0 Å². The second kappa shape index (κ2) is 6.44. The number of aryl methyl sites for hydroxylation is 1. The van der Waals surface area contributed by atoms with Crippen LogP contribution in [0.1, 0.15) is 27.8 Å². The maximum absolute atomic E-state index is 5.36. The molecule has 0 N–H and O–H groups in total. The molecule has 0 aliphatic heterocycles. The van der Waals surface area contributed by atoms with Crippen LogP contribution in [0.2, 0.25) is 0 Å². The van der Waals surface area contributed by atoms with Crippen molar-refractivity contribution >= 4 is 27.3 Å². The highest BCUT2D eigenvalue weighted by molar-refractivity contribution is 9.09. The van der Waals surface area contributed by atoms with Crippen LogP contribution in [0.3, 0.4) is 0 Å². The van der Waals surface area contributed by atoms with Gasteiger partial charge in [0, 0.05) is 4.88 Å². The summed E-state index contributed by atoms with van der Waals surface area (Å²) in [6.07, 6.45) is 1.05. The van der Waals surface area contributed by atoms with E-state index >= 15 is 0 Å². The predicted molar refractivity (Wildman–Crippen MR) is 84.0 cm³/mol. The molecule has 102 valence electrons. The number of hydrogen-bond acceptors (Lipinski definition) is 3. The Labute approximate surface area is 126 Å². The minimum absolute atomic E-state index is 0.197. The second-order valence-corrected chi connectivity index (χ2v) is 6.00.